The van der Waals surface area contributed by atoms with Crippen LogP contribution in [0.4, 0.5) is 0 Å². The molecule has 0 bridgehead atoms. The minimum Gasteiger partial charge on any atom is -0.342 e. The van der Waals surface area contributed by atoms with Gasteiger partial charge >= 0.3 is 0 Å². The third-order valence-corrected chi connectivity index (χ3v) is 6.08. The van der Waals surface area contributed by atoms with E-state index in [0.29, 0.717) is 21.9 Å². The molecule has 152 valence electrons. The van der Waals surface area contributed by atoms with E-state index in [1.54, 1.807) is 6.07 Å². The molecule has 4 aromatic rings. The van der Waals surface area contributed by atoms with Crippen molar-refractivity contribution in [1.29, 1.82) is 0 Å². The number of amides is 1. The first-order valence-electron chi connectivity index (χ1n) is 10.1. The number of hydrogen-bond donors (Lipinski definition) is 0. The Morgan fingerprint density at radius 2 is 1.83 bits per heavy atom. The van der Waals surface area contributed by atoms with Crippen LogP contribution in [0, 0.1) is 0 Å². The van der Waals surface area contributed by atoms with E-state index in [1.807, 2.05) is 59.0 Å². The van der Waals surface area contributed by atoms with Gasteiger partial charge in [-0.1, -0.05) is 35.9 Å². The summed E-state index contributed by atoms with van der Waals surface area (Å²) in [5.74, 6) is 0.0468. The van der Waals surface area contributed by atoms with Crippen LogP contribution in [-0.2, 0) is 18.3 Å². The van der Waals surface area contributed by atoms with Crippen molar-refractivity contribution in [3.8, 4) is 5.69 Å². The van der Waals surface area contributed by atoms with Gasteiger partial charge in [0.2, 0.25) is 5.91 Å². The molecule has 0 N–H and O–H groups in total. The number of likely N-dealkylation sites (tertiary alicyclic amines) is 1. The molecule has 0 saturated carbocycles. The van der Waals surface area contributed by atoms with Crippen molar-refractivity contribution in [2.45, 2.75) is 19.3 Å². The fourth-order valence-electron chi connectivity index (χ4n) is 4.36. The summed E-state index contributed by atoms with van der Waals surface area (Å²) in [6.45, 7) is 1.57. The first-order valence-corrected chi connectivity index (χ1v) is 10.5. The molecule has 5 rings (SSSR count). The highest BCUT2D eigenvalue weighted by molar-refractivity contribution is 6.31. The number of hydrogen-bond acceptors (Lipinski definition) is 3. The van der Waals surface area contributed by atoms with E-state index in [0.717, 1.165) is 42.2 Å². The predicted octanol–water partition coefficient (Wildman–Crippen LogP) is 3.70. The molecular weight excluding hydrogens is 400 g/mol. The van der Waals surface area contributed by atoms with Gasteiger partial charge in [-0.25, -0.2) is 0 Å². The minimum absolute atomic E-state index is 0.0468. The summed E-state index contributed by atoms with van der Waals surface area (Å²) in [4.78, 5) is 28.3. The van der Waals surface area contributed by atoms with Crippen LogP contribution in [0.5, 0.6) is 0 Å². The maximum atomic E-state index is 13.4. The largest absolute Gasteiger partial charge is 0.342 e. The number of nitrogens with zero attached hydrogens (tertiary/aromatic N) is 4. The van der Waals surface area contributed by atoms with Crippen molar-refractivity contribution in [2.24, 2.45) is 7.05 Å². The molecule has 30 heavy (non-hydrogen) atoms. The average molecular weight is 421 g/mol. The number of para-hydroxylation sites is 1. The number of fused-ring (bicyclic) bond motifs is 3. The van der Waals surface area contributed by atoms with Crippen LogP contribution in [-0.4, -0.2) is 38.2 Å². The Labute approximate surface area is 178 Å². The van der Waals surface area contributed by atoms with E-state index in [-0.39, 0.29) is 17.9 Å². The van der Waals surface area contributed by atoms with Crippen LogP contribution in [0.1, 0.15) is 18.5 Å². The number of aromatic nitrogens is 3. The molecule has 1 aliphatic rings. The van der Waals surface area contributed by atoms with Crippen LogP contribution in [0.25, 0.3) is 27.5 Å². The molecule has 0 atom stereocenters. The van der Waals surface area contributed by atoms with Gasteiger partial charge in [-0.2, -0.15) is 9.78 Å². The van der Waals surface area contributed by atoms with Gasteiger partial charge in [0.15, 0.2) is 0 Å². The van der Waals surface area contributed by atoms with Crippen LogP contribution >= 0.6 is 11.6 Å². The Balaban J connectivity index is 1.80. The molecule has 0 radical (unpaired) electrons. The molecule has 2 aromatic carbocycles. The predicted molar refractivity (Wildman–Crippen MR) is 118 cm³/mol. The first kappa shape index (κ1) is 18.9. The van der Waals surface area contributed by atoms with Gasteiger partial charge in [-0.15, -0.1) is 0 Å². The van der Waals surface area contributed by atoms with Crippen LogP contribution in [0.15, 0.2) is 53.3 Å². The van der Waals surface area contributed by atoms with Gasteiger partial charge in [0, 0.05) is 35.9 Å². The molecule has 1 amide bonds. The van der Waals surface area contributed by atoms with Gasteiger partial charge in [0.05, 0.1) is 23.3 Å². The minimum atomic E-state index is -0.219. The summed E-state index contributed by atoms with van der Waals surface area (Å²) in [5, 5.41) is 6.89. The van der Waals surface area contributed by atoms with Crippen molar-refractivity contribution in [3.63, 3.8) is 0 Å². The lowest BCUT2D eigenvalue weighted by Crippen LogP contribution is -2.31. The van der Waals surface area contributed by atoms with Gasteiger partial charge in [0.25, 0.3) is 5.56 Å². The van der Waals surface area contributed by atoms with E-state index in [2.05, 4.69) is 5.10 Å². The normalized spacial score (nSPS) is 14.1. The molecular formula is C23H21ClN4O2. The van der Waals surface area contributed by atoms with Crippen LogP contribution < -0.4 is 5.56 Å². The number of rotatable bonds is 3. The molecule has 0 aliphatic carbocycles. The van der Waals surface area contributed by atoms with Crippen molar-refractivity contribution in [1.82, 2.24) is 19.2 Å². The van der Waals surface area contributed by atoms with Crippen molar-refractivity contribution < 1.29 is 4.79 Å². The van der Waals surface area contributed by atoms with Crippen LogP contribution in [0.3, 0.4) is 0 Å². The fraction of sp³-hybridized carbons (Fsp3) is 0.261. The highest BCUT2D eigenvalue weighted by atomic mass is 35.5. The molecule has 1 saturated heterocycles. The standard InChI is InChI=1S/C23H21ClN4O2/c1-26-19-13-15(24)9-10-17(19)21-18(14-20(29)27-11-5-6-12-27)25-28(23(30)22(21)26)16-7-3-2-4-8-16/h2-4,7-10,13H,5-6,11-12,14H2,1H3. The van der Waals surface area contributed by atoms with Gasteiger partial charge < -0.3 is 9.47 Å². The zero-order valence-electron chi connectivity index (χ0n) is 16.6. The Bertz CT molecular complexity index is 1330. The van der Waals surface area contributed by atoms with E-state index in [1.165, 1.54) is 4.68 Å². The summed E-state index contributed by atoms with van der Waals surface area (Å²) >= 11 is 6.22. The molecule has 1 aliphatic heterocycles. The molecule has 0 unspecified atom stereocenters. The zero-order chi connectivity index (χ0) is 20.8. The van der Waals surface area contributed by atoms with Crippen molar-refractivity contribution in [2.75, 3.05) is 13.1 Å². The molecule has 0 spiro atoms. The summed E-state index contributed by atoms with van der Waals surface area (Å²) in [7, 11) is 1.85. The Kier molecular flexibility index (Phi) is 4.59. The van der Waals surface area contributed by atoms with E-state index in [4.69, 9.17) is 11.6 Å². The Hall–Kier alpha value is -3.12. The summed E-state index contributed by atoms with van der Waals surface area (Å²) in [6.07, 6.45) is 2.22. The third-order valence-electron chi connectivity index (χ3n) is 5.85. The highest BCUT2D eigenvalue weighted by Gasteiger charge is 2.24. The molecule has 1 fully saturated rings. The number of carbonyl (C=O) groups is 1. The summed E-state index contributed by atoms with van der Waals surface area (Å²) in [6, 6.07) is 14.8. The lowest BCUT2D eigenvalue weighted by Gasteiger charge is -2.16. The number of benzene rings is 2. The number of aryl methyl sites for hydroxylation is 1. The number of carbonyl (C=O) groups excluding carboxylic acids is 1. The van der Waals surface area contributed by atoms with Gasteiger partial charge in [-0.3, -0.25) is 9.59 Å². The fourth-order valence-corrected chi connectivity index (χ4v) is 4.52. The SMILES string of the molecule is Cn1c2cc(Cl)ccc2c2c(CC(=O)N3CCCC3)nn(-c3ccccc3)c(=O)c21. The second kappa shape index (κ2) is 7.29. The number of halogens is 1. The molecule has 3 heterocycles. The second-order valence-electron chi connectivity index (χ2n) is 7.71. The van der Waals surface area contributed by atoms with Gasteiger partial charge in [-0.05, 0) is 37.1 Å². The Morgan fingerprint density at radius 3 is 2.57 bits per heavy atom. The maximum Gasteiger partial charge on any atom is 0.296 e. The van der Waals surface area contributed by atoms with Crippen LogP contribution in [0.2, 0.25) is 5.02 Å². The van der Waals surface area contributed by atoms with Gasteiger partial charge in [0.1, 0.15) is 5.52 Å². The average Bonchev–Trinajstić information content (AvgIpc) is 3.38. The zero-order valence-corrected chi connectivity index (χ0v) is 17.4. The van der Waals surface area contributed by atoms with E-state index < -0.39 is 0 Å². The topological polar surface area (TPSA) is 60.1 Å². The smallest absolute Gasteiger partial charge is 0.296 e. The second-order valence-corrected chi connectivity index (χ2v) is 8.14. The third kappa shape index (κ3) is 2.99. The first-order chi connectivity index (χ1) is 14.5. The summed E-state index contributed by atoms with van der Waals surface area (Å²) in [5.41, 5.74) is 2.43. The Morgan fingerprint density at radius 1 is 1.10 bits per heavy atom. The lowest BCUT2D eigenvalue weighted by molar-refractivity contribution is -0.129. The quantitative estimate of drug-likeness (QED) is 0.507. The molecule has 2 aromatic heterocycles. The molecule has 7 heteroatoms. The van der Waals surface area contributed by atoms with E-state index in [9.17, 15) is 9.59 Å². The molecule has 6 nitrogen and oxygen atoms in total. The van der Waals surface area contributed by atoms with Crippen molar-refractivity contribution in [3.05, 3.63) is 69.6 Å². The monoisotopic (exact) mass is 420 g/mol. The van der Waals surface area contributed by atoms with Crippen molar-refractivity contribution >= 4 is 39.3 Å². The van der Waals surface area contributed by atoms with E-state index >= 15 is 0 Å². The maximum absolute atomic E-state index is 13.4. The lowest BCUT2D eigenvalue weighted by atomic mass is 10.1. The summed E-state index contributed by atoms with van der Waals surface area (Å²) < 4.78 is 3.25. The highest BCUT2D eigenvalue weighted by Crippen LogP contribution is 2.31.